The fourth-order valence-electron chi connectivity index (χ4n) is 0.858. The molecule has 0 amide bonds. The first kappa shape index (κ1) is 8.15. The molecule has 1 rings (SSSR count). The molecule has 1 heterocycles. The van der Waals surface area contributed by atoms with Crippen molar-refractivity contribution < 1.29 is 0 Å². The molecule has 9 heavy (non-hydrogen) atoms. The largest absolute Gasteiger partial charge is 0.179 e. The summed E-state index contributed by atoms with van der Waals surface area (Å²) >= 11 is 8.36. The summed E-state index contributed by atoms with van der Waals surface area (Å²) in [4.78, 5) is 0. The molecule has 1 saturated heterocycles. The molecule has 1 unspecified atom stereocenters. The third-order valence-corrected chi connectivity index (χ3v) is 4.63. The molecule has 0 N–H and O–H groups in total. The van der Waals surface area contributed by atoms with E-state index < -0.39 is 0 Å². The average Bonchev–Trinajstić information content (AvgIpc) is 2.34. The molecule has 1 atom stereocenters. The van der Waals surface area contributed by atoms with Crippen LogP contribution in [0.25, 0.3) is 0 Å². The lowest BCUT2D eigenvalue weighted by atomic mass is 10.3. The van der Waals surface area contributed by atoms with E-state index in [-0.39, 0.29) is 0 Å². The van der Waals surface area contributed by atoms with Gasteiger partial charge in [-0.25, -0.2) is 0 Å². The summed E-state index contributed by atoms with van der Waals surface area (Å²) in [7, 11) is 0. The summed E-state index contributed by atoms with van der Waals surface area (Å²) in [6.07, 6.45) is 2.67. The molecule has 0 aromatic carbocycles. The zero-order chi connectivity index (χ0) is 6.53. The third-order valence-electron chi connectivity index (χ3n) is 1.38. The van der Waals surface area contributed by atoms with E-state index in [0.717, 1.165) is 11.0 Å². The number of hydrogen-bond donors (Lipinski definition) is 1. The maximum atomic E-state index is 4.18. The second-order valence-corrected chi connectivity index (χ2v) is 5.27. The Balaban J connectivity index is 1.98. The molecule has 1 aliphatic rings. The van der Waals surface area contributed by atoms with Gasteiger partial charge in [0.05, 0.1) is 0 Å². The molecule has 0 nitrogen and oxygen atoms in total. The Morgan fingerprint density at radius 1 is 1.56 bits per heavy atom. The molecule has 3 heteroatoms. The second kappa shape index (κ2) is 4.80. The summed E-state index contributed by atoms with van der Waals surface area (Å²) < 4.78 is 0. The molecule has 54 valence electrons. The predicted octanol–water partition coefficient (Wildman–Crippen LogP) is 2.50. The fourth-order valence-corrected chi connectivity index (χ4v) is 4.02. The molecule has 0 spiro atoms. The normalized spacial score (nSPS) is 27.0. The van der Waals surface area contributed by atoms with Crippen molar-refractivity contribution in [3.8, 4) is 0 Å². The van der Waals surface area contributed by atoms with Crippen LogP contribution in [0, 0.1) is 0 Å². The first-order chi connectivity index (χ1) is 4.43. The van der Waals surface area contributed by atoms with E-state index in [1.54, 1.807) is 0 Å². The highest BCUT2D eigenvalue weighted by Crippen LogP contribution is 2.31. The van der Waals surface area contributed by atoms with E-state index in [4.69, 9.17) is 0 Å². The SMILES string of the molecule is SCCCC1CSCS1. The number of hydrogen-bond acceptors (Lipinski definition) is 3. The Hall–Kier alpha value is 1.05. The van der Waals surface area contributed by atoms with Gasteiger partial charge in [0.25, 0.3) is 0 Å². The minimum absolute atomic E-state index is 0.946. The smallest absolute Gasteiger partial charge is 0.0395 e. The minimum Gasteiger partial charge on any atom is -0.179 e. The van der Waals surface area contributed by atoms with E-state index in [0.29, 0.717) is 0 Å². The lowest BCUT2D eigenvalue weighted by Crippen LogP contribution is -2.00. The quantitative estimate of drug-likeness (QED) is 0.663. The van der Waals surface area contributed by atoms with Gasteiger partial charge in [-0.3, -0.25) is 0 Å². The monoisotopic (exact) mass is 180 g/mol. The summed E-state index contributed by atoms with van der Waals surface area (Å²) in [5, 5.41) is 2.26. The highest BCUT2D eigenvalue weighted by Gasteiger charge is 2.14. The third kappa shape index (κ3) is 3.10. The fraction of sp³-hybridized carbons (Fsp3) is 1.00. The van der Waals surface area contributed by atoms with Crippen LogP contribution >= 0.6 is 36.2 Å². The summed E-state index contributed by atoms with van der Waals surface area (Å²) in [5.41, 5.74) is 0. The molecule has 1 fully saturated rings. The first-order valence-electron chi connectivity index (χ1n) is 3.23. The molecule has 0 saturated carbocycles. The summed E-state index contributed by atoms with van der Waals surface area (Å²) in [6, 6.07) is 0. The van der Waals surface area contributed by atoms with Crippen molar-refractivity contribution in [1.82, 2.24) is 0 Å². The second-order valence-electron chi connectivity index (χ2n) is 2.14. The number of rotatable bonds is 3. The lowest BCUT2D eigenvalue weighted by Gasteiger charge is -2.03. The Morgan fingerprint density at radius 2 is 2.44 bits per heavy atom. The highest BCUT2D eigenvalue weighted by molar-refractivity contribution is 8.19. The molecule has 0 aromatic rings. The van der Waals surface area contributed by atoms with Gasteiger partial charge < -0.3 is 0 Å². The maximum absolute atomic E-state index is 4.18. The van der Waals surface area contributed by atoms with Crippen LogP contribution in [0.2, 0.25) is 0 Å². The van der Waals surface area contributed by atoms with Crippen molar-refractivity contribution in [2.24, 2.45) is 0 Å². The molecular weight excluding hydrogens is 168 g/mol. The summed E-state index contributed by atoms with van der Waals surface area (Å²) in [6.45, 7) is 0. The number of thioether (sulfide) groups is 2. The lowest BCUT2D eigenvalue weighted by molar-refractivity contribution is 0.807. The molecule has 0 aromatic heterocycles. The van der Waals surface area contributed by atoms with Gasteiger partial charge in [-0.1, -0.05) is 0 Å². The van der Waals surface area contributed by atoms with Gasteiger partial charge in [-0.05, 0) is 18.6 Å². The first-order valence-corrected chi connectivity index (χ1v) is 6.07. The van der Waals surface area contributed by atoms with Crippen molar-refractivity contribution in [2.45, 2.75) is 18.1 Å². The summed E-state index contributed by atoms with van der Waals surface area (Å²) in [5.74, 6) is 2.43. The van der Waals surface area contributed by atoms with Crippen LogP contribution in [-0.4, -0.2) is 21.8 Å². The highest BCUT2D eigenvalue weighted by atomic mass is 32.2. The number of thiol groups is 1. The molecule has 0 radical (unpaired) electrons. The average molecular weight is 180 g/mol. The van der Waals surface area contributed by atoms with Crippen molar-refractivity contribution >= 4 is 36.2 Å². The molecular formula is C6H12S3. The predicted molar refractivity (Wildman–Crippen MR) is 51.8 cm³/mol. The van der Waals surface area contributed by atoms with E-state index in [1.807, 2.05) is 0 Å². The van der Waals surface area contributed by atoms with Crippen LogP contribution < -0.4 is 0 Å². The van der Waals surface area contributed by atoms with Gasteiger partial charge in [0.2, 0.25) is 0 Å². The Morgan fingerprint density at radius 3 is 3.00 bits per heavy atom. The van der Waals surface area contributed by atoms with Crippen LogP contribution in [0.15, 0.2) is 0 Å². The van der Waals surface area contributed by atoms with E-state index >= 15 is 0 Å². The zero-order valence-corrected chi connectivity index (χ0v) is 7.90. The van der Waals surface area contributed by atoms with E-state index in [1.165, 1.54) is 23.7 Å². The Bertz CT molecular complexity index is 68.7. The van der Waals surface area contributed by atoms with Gasteiger partial charge in [0.1, 0.15) is 0 Å². The van der Waals surface area contributed by atoms with Gasteiger partial charge in [-0.15, -0.1) is 23.5 Å². The van der Waals surface area contributed by atoms with Gasteiger partial charge in [0.15, 0.2) is 0 Å². The molecule has 0 aliphatic carbocycles. The van der Waals surface area contributed by atoms with E-state index in [2.05, 4.69) is 36.2 Å². The van der Waals surface area contributed by atoms with E-state index in [9.17, 15) is 0 Å². The van der Waals surface area contributed by atoms with Gasteiger partial charge in [0, 0.05) is 16.1 Å². The van der Waals surface area contributed by atoms with Crippen molar-refractivity contribution in [1.29, 1.82) is 0 Å². The van der Waals surface area contributed by atoms with Crippen LogP contribution in [0.4, 0.5) is 0 Å². The van der Waals surface area contributed by atoms with Crippen LogP contribution in [-0.2, 0) is 0 Å². The Labute approximate surface area is 71.0 Å². The van der Waals surface area contributed by atoms with Crippen LogP contribution in [0.1, 0.15) is 12.8 Å². The standard InChI is InChI=1S/C6H12S3/c7-3-1-2-6-4-8-5-9-6/h6-7H,1-5H2. The van der Waals surface area contributed by atoms with Gasteiger partial charge >= 0.3 is 0 Å². The maximum Gasteiger partial charge on any atom is 0.0395 e. The van der Waals surface area contributed by atoms with Crippen LogP contribution in [0.3, 0.4) is 0 Å². The van der Waals surface area contributed by atoms with Crippen molar-refractivity contribution in [2.75, 3.05) is 16.6 Å². The van der Waals surface area contributed by atoms with Crippen molar-refractivity contribution in [3.05, 3.63) is 0 Å². The Kier molecular flexibility index (Phi) is 4.35. The van der Waals surface area contributed by atoms with Crippen LogP contribution in [0.5, 0.6) is 0 Å². The van der Waals surface area contributed by atoms with Gasteiger partial charge in [-0.2, -0.15) is 12.6 Å². The molecule has 1 aliphatic heterocycles. The minimum atomic E-state index is 0.946. The molecule has 0 bridgehead atoms. The van der Waals surface area contributed by atoms with Crippen molar-refractivity contribution in [3.63, 3.8) is 0 Å². The zero-order valence-electron chi connectivity index (χ0n) is 5.38. The topological polar surface area (TPSA) is 0 Å².